The van der Waals surface area contributed by atoms with Crippen LogP contribution in [0.2, 0.25) is 5.02 Å². The minimum Gasteiger partial charge on any atom is -0.478 e. The van der Waals surface area contributed by atoms with Crippen molar-refractivity contribution in [2.75, 3.05) is 0 Å². The van der Waals surface area contributed by atoms with Crippen LogP contribution in [-0.4, -0.2) is 21.3 Å². The van der Waals surface area contributed by atoms with Crippen LogP contribution in [0, 0.1) is 5.82 Å². The molecule has 72 valence electrons. The van der Waals surface area contributed by atoms with E-state index in [1.54, 1.807) is 0 Å². The van der Waals surface area contributed by atoms with Crippen molar-refractivity contribution in [3.8, 4) is 0 Å². The number of H-pyrrole nitrogens is 1. The largest absolute Gasteiger partial charge is 0.478 e. The van der Waals surface area contributed by atoms with Gasteiger partial charge in [-0.1, -0.05) is 11.6 Å². The van der Waals surface area contributed by atoms with E-state index in [0.717, 1.165) is 6.07 Å². The van der Waals surface area contributed by atoms with Gasteiger partial charge in [-0.25, -0.2) is 9.18 Å². The van der Waals surface area contributed by atoms with Crippen LogP contribution >= 0.6 is 11.6 Å². The summed E-state index contributed by atoms with van der Waals surface area (Å²) in [5.74, 6) is -1.81. The summed E-state index contributed by atoms with van der Waals surface area (Å²) in [5.41, 5.74) is -0.0666. The molecule has 0 saturated heterocycles. The fourth-order valence-corrected chi connectivity index (χ4v) is 1.52. The van der Waals surface area contributed by atoms with E-state index in [9.17, 15) is 9.18 Å². The summed E-state index contributed by atoms with van der Waals surface area (Å²) >= 11 is 5.59. The molecule has 2 rings (SSSR count). The van der Waals surface area contributed by atoms with Crippen molar-refractivity contribution in [2.24, 2.45) is 0 Å². The predicted molar refractivity (Wildman–Crippen MR) is 48.0 cm³/mol. The van der Waals surface area contributed by atoms with Crippen LogP contribution in [0.25, 0.3) is 10.9 Å². The van der Waals surface area contributed by atoms with E-state index < -0.39 is 11.8 Å². The average Bonchev–Trinajstić information content (AvgIpc) is 2.51. The summed E-state index contributed by atoms with van der Waals surface area (Å²) in [7, 11) is 0. The molecular weight excluding hydrogens is 211 g/mol. The van der Waals surface area contributed by atoms with Crippen molar-refractivity contribution in [1.29, 1.82) is 0 Å². The SMILES string of the molecule is O=C(O)c1c(Cl)cc(F)c2cn[nH]c12. The highest BCUT2D eigenvalue weighted by molar-refractivity contribution is 6.35. The number of carboxylic acids is 1. The van der Waals surface area contributed by atoms with E-state index >= 15 is 0 Å². The highest BCUT2D eigenvalue weighted by Gasteiger charge is 2.17. The molecule has 0 spiro atoms. The number of aromatic amines is 1. The Morgan fingerprint density at radius 1 is 1.64 bits per heavy atom. The van der Waals surface area contributed by atoms with E-state index in [-0.39, 0.29) is 21.5 Å². The Morgan fingerprint density at radius 3 is 3.00 bits per heavy atom. The lowest BCUT2D eigenvalue weighted by atomic mass is 10.1. The normalized spacial score (nSPS) is 10.7. The third-order valence-electron chi connectivity index (χ3n) is 1.85. The second kappa shape index (κ2) is 2.95. The van der Waals surface area contributed by atoms with Crippen LogP contribution in [0.15, 0.2) is 12.3 Å². The molecule has 4 nitrogen and oxygen atoms in total. The molecule has 0 bridgehead atoms. The number of rotatable bonds is 1. The first-order valence-electron chi connectivity index (χ1n) is 3.65. The molecule has 1 heterocycles. The Bertz CT molecular complexity index is 523. The number of aromatic carboxylic acids is 1. The molecule has 0 unspecified atom stereocenters. The molecule has 0 aliphatic carbocycles. The first kappa shape index (κ1) is 8.96. The number of nitrogens with one attached hydrogen (secondary N) is 1. The number of aromatic nitrogens is 2. The van der Waals surface area contributed by atoms with Gasteiger partial charge in [0, 0.05) is 0 Å². The smallest absolute Gasteiger partial charge is 0.339 e. The average molecular weight is 215 g/mol. The number of nitrogens with zero attached hydrogens (tertiary/aromatic N) is 1. The molecule has 0 radical (unpaired) electrons. The van der Waals surface area contributed by atoms with Gasteiger partial charge in [-0.3, -0.25) is 5.10 Å². The first-order valence-corrected chi connectivity index (χ1v) is 4.03. The van der Waals surface area contributed by atoms with Gasteiger partial charge in [-0.15, -0.1) is 0 Å². The summed E-state index contributed by atoms with van der Waals surface area (Å²) in [5, 5.41) is 14.7. The Morgan fingerprint density at radius 2 is 2.36 bits per heavy atom. The maximum atomic E-state index is 13.2. The fraction of sp³-hybridized carbons (Fsp3) is 0. The van der Waals surface area contributed by atoms with Crippen LogP contribution in [0.5, 0.6) is 0 Å². The second-order valence-electron chi connectivity index (χ2n) is 2.68. The number of halogens is 2. The monoisotopic (exact) mass is 214 g/mol. The second-order valence-corrected chi connectivity index (χ2v) is 3.09. The Hall–Kier alpha value is -1.62. The number of benzene rings is 1. The van der Waals surface area contributed by atoms with Gasteiger partial charge in [-0.2, -0.15) is 5.10 Å². The summed E-state index contributed by atoms with van der Waals surface area (Å²) < 4.78 is 13.2. The molecule has 2 aromatic rings. The van der Waals surface area contributed by atoms with Gasteiger partial charge in [0.25, 0.3) is 0 Å². The van der Waals surface area contributed by atoms with E-state index in [1.165, 1.54) is 6.20 Å². The molecule has 0 amide bonds. The first-order chi connectivity index (χ1) is 6.61. The van der Waals surface area contributed by atoms with Crippen LogP contribution < -0.4 is 0 Å². The Kier molecular flexibility index (Phi) is 1.89. The van der Waals surface area contributed by atoms with Crippen LogP contribution in [0.1, 0.15) is 10.4 Å². The Labute approximate surface area is 82.3 Å². The lowest BCUT2D eigenvalue weighted by Gasteiger charge is -2.00. The maximum Gasteiger partial charge on any atom is 0.339 e. The number of hydrogen-bond donors (Lipinski definition) is 2. The van der Waals surface area contributed by atoms with Gasteiger partial charge in [0.1, 0.15) is 11.4 Å². The van der Waals surface area contributed by atoms with Gasteiger partial charge in [0.2, 0.25) is 0 Å². The van der Waals surface area contributed by atoms with Gasteiger partial charge in [0.05, 0.1) is 22.1 Å². The minimum atomic E-state index is -1.22. The zero-order valence-corrected chi connectivity index (χ0v) is 7.47. The lowest BCUT2D eigenvalue weighted by Crippen LogP contribution is -1.99. The van der Waals surface area contributed by atoms with Crippen molar-refractivity contribution in [3.05, 3.63) is 28.7 Å². The van der Waals surface area contributed by atoms with Crippen molar-refractivity contribution < 1.29 is 14.3 Å². The third kappa shape index (κ3) is 1.13. The highest BCUT2D eigenvalue weighted by atomic mass is 35.5. The molecule has 1 aromatic heterocycles. The zero-order valence-electron chi connectivity index (χ0n) is 6.71. The summed E-state index contributed by atoms with van der Waals surface area (Å²) in [6.45, 7) is 0. The number of carbonyl (C=O) groups is 1. The van der Waals surface area contributed by atoms with E-state index in [2.05, 4.69) is 10.2 Å². The molecule has 0 saturated carbocycles. The van der Waals surface area contributed by atoms with Crippen molar-refractivity contribution in [3.63, 3.8) is 0 Å². The zero-order chi connectivity index (χ0) is 10.3. The molecule has 14 heavy (non-hydrogen) atoms. The summed E-state index contributed by atoms with van der Waals surface area (Å²) in [6.07, 6.45) is 1.22. The quantitative estimate of drug-likeness (QED) is 0.764. The fourth-order valence-electron chi connectivity index (χ4n) is 1.25. The van der Waals surface area contributed by atoms with Crippen molar-refractivity contribution >= 4 is 28.5 Å². The van der Waals surface area contributed by atoms with Gasteiger partial charge in [0.15, 0.2) is 0 Å². The standard InChI is InChI=1S/C8H4ClFN2O2/c9-4-1-5(10)3-2-11-12-7(3)6(4)8(13)14/h1-2H,(H,11,12)(H,13,14). The van der Waals surface area contributed by atoms with Gasteiger partial charge >= 0.3 is 5.97 Å². The molecule has 0 atom stereocenters. The van der Waals surface area contributed by atoms with E-state index in [0.29, 0.717) is 0 Å². The molecule has 1 aromatic carbocycles. The number of carboxylic acid groups (broad SMARTS) is 1. The molecular formula is C8H4ClFN2O2. The van der Waals surface area contributed by atoms with E-state index in [4.69, 9.17) is 16.7 Å². The Balaban J connectivity index is 2.93. The molecule has 0 aliphatic heterocycles. The summed E-state index contributed by atoms with van der Waals surface area (Å²) in [4.78, 5) is 10.8. The number of fused-ring (bicyclic) bond motifs is 1. The van der Waals surface area contributed by atoms with Crippen LogP contribution in [0.4, 0.5) is 4.39 Å². The topological polar surface area (TPSA) is 66.0 Å². The third-order valence-corrected chi connectivity index (χ3v) is 2.15. The number of hydrogen-bond acceptors (Lipinski definition) is 2. The molecule has 0 aliphatic rings. The maximum absolute atomic E-state index is 13.2. The minimum absolute atomic E-state index is 0.0995. The van der Waals surface area contributed by atoms with Crippen LogP contribution in [-0.2, 0) is 0 Å². The highest BCUT2D eigenvalue weighted by Crippen LogP contribution is 2.26. The molecule has 2 N–H and O–H groups in total. The van der Waals surface area contributed by atoms with E-state index in [1.807, 2.05) is 0 Å². The molecule has 0 fully saturated rings. The molecule has 6 heteroatoms. The summed E-state index contributed by atoms with van der Waals surface area (Å²) in [6, 6.07) is 0.961. The lowest BCUT2D eigenvalue weighted by molar-refractivity contribution is 0.0699. The predicted octanol–water partition coefficient (Wildman–Crippen LogP) is 2.05. The van der Waals surface area contributed by atoms with Gasteiger partial charge in [-0.05, 0) is 6.07 Å². The van der Waals surface area contributed by atoms with Crippen molar-refractivity contribution in [2.45, 2.75) is 0 Å². The van der Waals surface area contributed by atoms with Crippen LogP contribution in [0.3, 0.4) is 0 Å². The van der Waals surface area contributed by atoms with Gasteiger partial charge < -0.3 is 5.11 Å². The van der Waals surface area contributed by atoms with Crippen molar-refractivity contribution in [1.82, 2.24) is 10.2 Å².